The molecule has 2 heterocycles. The lowest BCUT2D eigenvalue weighted by molar-refractivity contribution is -0.118. The summed E-state index contributed by atoms with van der Waals surface area (Å²) in [6.07, 6.45) is 4.44. The molecule has 0 atom stereocenters. The molecule has 0 aliphatic carbocycles. The third kappa shape index (κ3) is 4.71. The summed E-state index contributed by atoms with van der Waals surface area (Å²) in [5.41, 5.74) is 5.98. The van der Waals surface area contributed by atoms with Gasteiger partial charge in [0.05, 0.1) is 17.3 Å². The first-order valence-corrected chi connectivity index (χ1v) is 9.68. The molecule has 32 heavy (non-hydrogen) atoms. The van der Waals surface area contributed by atoms with E-state index < -0.39 is 17.7 Å². The molecule has 3 N–H and O–H groups in total. The second kappa shape index (κ2) is 9.40. The minimum atomic E-state index is -0.725. The summed E-state index contributed by atoms with van der Waals surface area (Å²) in [6.45, 7) is 0. The molecular weight excluding hydrogens is 408 g/mol. The van der Waals surface area contributed by atoms with Gasteiger partial charge in [-0.15, -0.1) is 0 Å². The van der Waals surface area contributed by atoms with Crippen LogP contribution in [0.5, 0.6) is 0 Å². The minimum absolute atomic E-state index is 0.103. The highest BCUT2D eigenvalue weighted by Gasteiger charge is 2.17. The molecule has 4 aromatic rings. The van der Waals surface area contributed by atoms with Gasteiger partial charge in [0.2, 0.25) is 0 Å². The molecule has 3 amide bonds. The van der Waals surface area contributed by atoms with E-state index in [-0.39, 0.29) is 5.70 Å². The van der Waals surface area contributed by atoms with Gasteiger partial charge in [-0.25, -0.2) is 0 Å². The summed E-state index contributed by atoms with van der Waals surface area (Å²) < 4.78 is 5.24. The smallest absolute Gasteiger partial charge is 0.286 e. The molecule has 2 aromatic carbocycles. The Balaban J connectivity index is 1.51. The van der Waals surface area contributed by atoms with Crippen molar-refractivity contribution < 1.29 is 18.8 Å². The maximum atomic E-state index is 12.8. The van der Waals surface area contributed by atoms with Gasteiger partial charge in [-0.05, 0) is 42.5 Å². The standard InChI is InChI=1S/C24H18N4O4/c29-22(16-7-2-1-3-8-16)26-21(15-17-9-6-14-32-17)24(31)28-27-23(30)19-10-4-12-20-18(19)11-5-13-25-20/h1-15H,(H,26,29)(H,27,30)(H,28,31). The average Bonchev–Trinajstić information content (AvgIpc) is 3.35. The van der Waals surface area contributed by atoms with Crippen molar-refractivity contribution >= 4 is 34.7 Å². The Bertz CT molecular complexity index is 1290. The van der Waals surface area contributed by atoms with Gasteiger partial charge in [0.1, 0.15) is 11.5 Å². The zero-order chi connectivity index (χ0) is 22.3. The van der Waals surface area contributed by atoms with E-state index in [0.717, 1.165) is 0 Å². The summed E-state index contributed by atoms with van der Waals surface area (Å²) in [4.78, 5) is 42.2. The Kier molecular flexibility index (Phi) is 6.03. The molecule has 0 saturated heterocycles. The molecule has 0 saturated carbocycles. The number of furan rings is 1. The van der Waals surface area contributed by atoms with Crippen molar-refractivity contribution in [3.8, 4) is 0 Å². The molecule has 158 valence electrons. The van der Waals surface area contributed by atoms with Crippen LogP contribution in [0.2, 0.25) is 0 Å². The van der Waals surface area contributed by atoms with Crippen molar-refractivity contribution in [2.75, 3.05) is 0 Å². The van der Waals surface area contributed by atoms with Crippen molar-refractivity contribution in [3.63, 3.8) is 0 Å². The van der Waals surface area contributed by atoms with Gasteiger partial charge in [-0.3, -0.25) is 30.2 Å². The maximum absolute atomic E-state index is 12.8. The number of hydrogen-bond donors (Lipinski definition) is 3. The Morgan fingerprint density at radius 1 is 0.812 bits per heavy atom. The molecule has 0 aliphatic rings. The number of carbonyl (C=O) groups excluding carboxylic acids is 3. The van der Waals surface area contributed by atoms with Crippen LogP contribution in [0.4, 0.5) is 0 Å². The molecule has 0 unspecified atom stereocenters. The Hall–Kier alpha value is -4.72. The van der Waals surface area contributed by atoms with Crippen LogP contribution in [0.25, 0.3) is 17.0 Å². The van der Waals surface area contributed by atoms with Crippen LogP contribution in [0.1, 0.15) is 26.5 Å². The van der Waals surface area contributed by atoms with E-state index in [9.17, 15) is 14.4 Å². The predicted molar refractivity (Wildman–Crippen MR) is 118 cm³/mol. The maximum Gasteiger partial charge on any atom is 0.286 e. The fraction of sp³-hybridized carbons (Fsp3) is 0. The molecule has 0 bridgehead atoms. The molecule has 2 aromatic heterocycles. The third-order valence-corrected chi connectivity index (χ3v) is 4.54. The average molecular weight is 426 g/mol. The third-order valence-electron chi connectivity index (χ3n) is 4.54. The fourth-order valence-electron chi connectivity index (χ4n) is 3.01. The second-order valence-electron chi connectivity index (χ2n) is 6.68. The molecule has 0 spiro atoms. The van der Waals surface area contributed by atoms with E-state index >= 15 is 0 Å². The Morgan fingerprint density at radius 3 is 2.44 bits per heavy atom. The lowest BCUT2D eigenvalue weighted by Gasteiger charge is -2.12. The first-order valence-electron chi connectivity index (χ1n) is 9.68. The summed E-state index contributed by atoms with van der Waals surface area (Å²) in [5, 5.41) is 3.20. The lowest BCUT2D eigenvalue weighted by Crippen LogP contribution is -2.45. The molecule has 8 heteroatoms. The van der Waals surface area contributed by atoms with Gasteiger partial charge < -0.3 is 9.73 Å². The number of hydrogen-bond acceptors (Lipinski definition) is 5. The molecule has 8 nitrogen and oxygen atoms in total. The van der Waals surface area contributed by atoms with Gasteiger partial charge in [0.15, 0.2) is 0 Å². The van der Waals surface area contributed by atoms with Crippen LogP contribution in [-0.4, -0.2) is 22.7 Å². The first-order chi connectivity index (χ1) is 15.6. The van der Waals surface area contributed by atoms with Crippen LogP contribution >= 0.6 is 0 Å². The number of amides is 3. The monoisotopic (exact) mass is 426 g/mol. The quantitative estimate of drug-likeness (QED) is 0.335. The number of pyridine rings is 1. The number of hydrazine groups is 1. The summed E-state index contributed by atoms with van der Waals surface area (Å²) in [6, 6.07) is 20.3. The molecular formula is C24H18N4O4. The SMILES string of the molecule is O=C(NNC(=O)c1cccc2ncccc12)C(=Cc1ccco1)NC(=O)c1ccccc1. The van der Waals surface area contributed by atoms with Crippen molar-refractivity contribution in [2.24, 2.45) is 0 Å². The molecule has 0 radical (unpaired) electrons. The number of carbonyl (C=O) groups is 3. The van der Waals surface area contributed by atoms with Crippen LogP contribution < -0.4 is 16.2 Å². The highest BCUT2D eigenvalue weighted by molar-refractivity contribution is 6.08. The Labute approximate surface area is 182 Å². The fourth-order valence-corrected chi connectivity index (χ4v) is 3.01. The molecule has 4 rings (SSSR count). The van der Waals surface area contributed by atoms with E-state index in [2.05, 4.69) is 21.2 Å². The second-order valence-corrected chi connectivity index (χ2v) is 6.68. The summed E-state index contributed by atoms with van der Waals surface area (Å²) >= 11 is 0. The van der Waals surface area contributed by atoms with E-state index in [4.69, 9.17) is 4.42 Å². The number of benzene rings is 2. The molecule has 0 aliphatic heterocycles. The Morgan fingerprint density at radius 2 is 1.66 bits per heavy atom. The zero-order valence-electron chi connectivity index (χ0n) is 16.7. The first kappa shape index (κ1) is 20.5. The van der Waals surface area contributed by atoms with Crippen molar-refractivity contribution in [1.29, 1.82) is 0 Å². The largest absolute Gasteiger partial charge is 0.465 e. The van der Waals surface area contributed by atoms with Gasteiger partial charge in [-0.2, -0.15) is 0 Å². The predicted octanol–water partition coefficient (Wildman–Crippen LogP) is 3.06. The number of rotatable bonds is 5. The number of nitrogens with zero attached hydrogens (tertiary/aromatic N) is 1. The topological polar surface area (TPSA) is 113 Å². The summed E-state index contributed by atoms with van der Waals surface area (Å²) in [5.74, 6) is -1.37. The van der Waals surface area contributed by atoms with E-state index in [1.54, 1.807) is 79.0 Å². The van der Waals surface area contributed by atoms with Crippen LogP contribution in [0, 0.1) is 0 Å². The summed E-state index contributed by atoms with van der Waals surface area (Å²) in [7, 11) is 0. The van der Waals surface area contributed by atoms with Crippen LogP contribution in [-0.2, 0) is 4.79 Å². The lowest BCUT2D eigenvalue weighted by atomic mass is 10.1. The zero-order valence-corrected chi connectivity index (χ0v) is 16.7. The van der Waals surface area contributed by atoms with Gasteiger partial charge >= 0.3 is 0 Å². The highest BCUT2D eigenvalue weighted by atomic mass is 16.3. The normalized spacial score (nSPS) is 11.1. The van der Waals surface area contributed by atoms with Gasteiger partial charge in [0.25, 0.3) is 17.7 Å². The van der Waals surface area contributed by atoms with E-state index in [0.29, 0.717) is 27.8 Å². The van der Waals surface area contributed by atoms with E-state index in [1.807, 2.05) is 0 Å². The van der Waals surface area contributed by atoms with Crippen molar-refractivity contribution in [2.45, 2.75) is 0 Å². The molecule has 0 fully saturated rings. The van der Waals surface area contributed by atoms with Crippen LogP contribution in [0.3, 0.4) is 0 Å². The van der Waals surface area contributed by atoms with Crippen molar-refractivity contribution in [1.82, 2.24) is 21.2 Å². The van der Waals surface area contributed by atoms with Gasteiger partial charge in [-0.1, -0.05) is 30.3 Å². The van der Waals surface area contributed by atoms with Crippen molar-refractivity contribution in [3.05, 3.63) is 108 Å². The number of fused-ring (bicyclic) bond motifs is 1. The number of nitrogens with one attached hydrogen (secondary N) is 3. The van der Waals surface area contributed by atoms with E-state index in [1.165, 1.54) is 12.3 Å². The van der Waals surface area contributed by atoms with Crippen LogP contribution in [0.15, 0.2) is 95.4 Å². The highest BCUT2D eigenvalue weighted by Crippen LogP contribution is 2.16. The van der Waals surface area contributed by atoms with Gasteiger partial charge in [0, 0.05) is 23.2 Å². The minimum Gasteiger partial charge on any atom is -0.465 e. The number of aromatic nitrogens is 1.